The second-order valence-electron chi connectivity index (χ2n) is 5.69. The van der Waals surface area contributed by atoms with E-state index >= 15 is 0 Å². The van der Waals surface area contributed by atoms with Crippen molar-refractivity contribution in [1.29, 1.82) is 0 Å². The van der Waals surface area contributed by atoms with Crippen LogP contribution >= 0.6 is 0 Å². The third-order valence-corrected chi connectivity index (χ3v) is 4.15. The first-order chi connectivity index (χ1) is 9.63. The van der Waals surface area contributed by atoms with Gasteiger partial charge in [-0.15, -0.1) is 5.73 Å². The van der Waals surface area contributed by atoms with Crippen molar-refractivity contribution in [3.8, 4) is 0 Å². The van der Waals surface area contributed by atoms with Gasteiger partial charge in [-0.1, -0.05) is 31.7 Å². The number of hydrogen-bond donors (Lipinski definition) is 0. The van der Waals surface area contributed by atoms with Crippen molar-refractivity contribution >= 4 is 5.78 Å². The van der Waals surface area contributed by atoms with E-state index in [1.807, 2.05) is 12.3 Å². The van der Waals surface area contributed by atoms with Gasteiger partial charge in [-0.25, -0.2) is 0 Å². The zero-order valence-electron chi connectivity index (χ0n) is 11.9. The maximum atomic E-state index is 11.6. The van der Waals surface area contributed by atoms with E-state index in [0.29, 0.717) is 24.5 Å². The predicted molar refractivity (Wildman–Crippen MR) is 80.8 cm³/mol. The molecule has 0 aromatic rings. The minimum atomic E-state index is 0.338. The maximum absolute atomic E-state index is 11.6. The van der Waals surface area contributed by atoms with Gasteiger partial charge in [0.15, 0.2) is 0 Å². The van der Waals surface area contributed by atoms with Crippen LogP contribution in [0.25, 0.3) is 0 Å². The van der Waals surface area contributed by atoms with Crippen LogP contribution in [0.4, 0.5) is 0 Å². The fourth-order valence-corrected chi connectivity index (χ4v) is 2.88. The molecule has 0 spiro atoms. The van der Waals surface area contributed by atoms with Crippen LogP contribution in [0.15, 0.2) is 65.2 Å². The largest absolute Gasteiger partial charge is 0.340 e. The molecule has 20 heavy (non-hydrogen) atoms. The average molecular weight is 265 g/mol. The van der Waals surface area contributed by atoms with E-state index in [1.54, 1.807) is 0 Å². The molecule has 2 heteroatoms. The smallest absolute Gasteiger partial charge is 0.137 e. The molecule has 0 N–H and O–H groups in total. The van der Waals surface area contributed by atoms with Crippen molar-refractivity contribution in [1.82, 2.24) is 4.90 Å². The van der Waals surface area contributed by atoms with Crippen LogP contribution in [0.3, 0.4) is 0 Å². The second-order valence-corrected chi connectivity index (χ2v) is 5.69. The van der Waals surface area contributed by atoms with Crippen LogP contribution in [-0.2, 0) is 4.79 Å². The topological polar surface area (TPSA) is 20.3 Å². The molecule has 2 nitrogen and oxygen atoms in total. The predicted octanol–water partition coefficient (Wildman–Crippen LogP) is 3.67. The molecule has 0 fully saturated rings. The zero-order chi connectivity index (χ0) is 14.1. The molecule has 102 valence electrons. The first kappa shape index (κ1) is 13.0. The third kappa shape index (κ3) is 2.48. The van der Waals surface area contributed by atoms with Crippen molar-refractivity contribution in [3.05, 3.63) is 65.2 Å². The molecule has 0 saturated heterocycles. The Kier molecular flexibility index (Phi) is 3.33. The lowest BCUT2D eigenvalue weighted by molar-refractivity contribution is -0.118. The summed E-state index contributed by atoms with van der Waals surface area (Å²) in [6, 6.07) is 0. The molecule has 1 heterocycles. The molecule has 1 unspecified atom stereocenters. The molecule has 0 aromatic carbocycles. The summed E-state index contributed by atoms with van der Waals surface area (Å²) in [5.74, 6) is 0.742. The van der Waals surface area contributed by atoms with E-state index < -0.39 is 0 Å². The first-order valence-electron chi connectivity index (χ1n) is 7.14. The quantitative estimate of drug-likeness (QED) is 0.710. The Labute approximate surface area is 120 Å². The van der Waals surface area contributed by atoms with Gasteiger partial charge >= 0.3 is 0 Å². The highest BCUT2D eigenvalue weighted by atomic mass is 16.1. The van der Waals surface area contributed by atoms with Crippen LogP contribution < -0.4 is 0 Å². The van der Waals surface area contributed by atoms with Gasteiger partial charge in [-0.3, -0.25) is 4.79 Å². The Morgan fingerprint density at radius 3 is 3.05 bits per heavy atom. The number of ketones is 1. The van der Waals surface area contributed by atoms with Gasteiger partial charge in [0.2, 0.25) is 0 Å². The Morgan fingerprint density at radius 2 is 2.25 bits per heavy atom. The van der Waals surface area contributed by atoms with Gasteiger partial charge in [-0.05, 0) is 35.1 Å². The average Bonchev–Trinajstić information content (AvgIpc) is 2.43. The lowest BCUT2D eigenvalue weighted by Crippen LogP contribution is -2.26. The van der Waals surface area contributed by atoms with E-state index in [-0.39, 0.29) is 0 Å². The molecule has 0 amide bonds. The molecular formula is C18H19NO. The van der Waals surface area contributed by atoms with Gasteiger partial charge in [0, 0.05) is 31.3 Å². The second kappa shape index (κ2) is 5.15. The molecule has 3 rings (SSSR count). The van der Waals surface area contributed by atoms with Gasteiger partial charge in [0.05, 0.1) is 0 Å². The Balaban J connectivity index is 1.80. The van der Waals surface area contributed by atoms with Crippen molar-refractivity contribution in [2.75, 3.05) is 6.54 Å². The molecule has 0 saturated carbocycles. The van der Waals surface area contributed by atoms with E-state index in [0.717, 1.165) is 24.1 Å². The van der Waals surface area contributed by atoms with E-state index in [4.69, 9.17) is 0 Å². The normalized spacial score (nSPS) is 25.1. The highest BCUT2D eigenvalue weighted by Crippen LogP contribution is 2.30. The lowest BCUT2D eigenvalue weighted by Gasteiger charge is -2.30. The summed E-state index contributed by atoms with van der Waals surface area (Å²) in [6.07, 6.45) is 12.5. The molecule has 0 radical (unpaired) electrons. The summed E-state index contributed by atoms with van der Waals surface area (Å²) in [7, 11) is 0. The minimum Gasteiger partial charge on any atom is -0.340 e. The van der Waals surface area contributed by atoms with E-state index in [9.17, 15) is 4.79 Å². The summed E-state index contributed by atoms with van der Waals surface area (Å²) in [4.78, 5) is 13.8. The summed E-state index contributed by atoms with van der Waals surface area (Å²) in [5, 5.41) is 0. The molecule has 0 bridgehead atoms. The summed E-state index contributed by atoms with van der Waals surface area (Å²) >= 11 is 0. The van der Waals surface area contributed by atoms with E-state index in [2.05, 4.69) is 42.4 Å². The summed E-state index contributed by atoms with van der Waals surface area (Å²) in [6.45, 7) is 7.05. The first-order valence-corrected chi connectivity index (χ1v) is 7.14. The number of hydrogen-bond acceptors (Lipinski definition) is 2. The Bertz CT molecular complexity index is 624. The molecule has 0 aromatic heterocycles. The fourth-order valence-electron chi connectivity index (χ4n) is 2.88. The molecular weight excluding hydrogens is 246 g/mol. The van der Waals surface area contributed by atoms with Crippen molar-refractivity contribution in [3.63, 3.8) is 0 Å². The number of Topliss-reactive ketones (excluding diaryl/α,β-unsaturated/α-hetero) is 1. The Hall–Kier alpha value is -2.05. The summed E-state index contributed by atoms with van der Waals surface area (Å²) < 4.78 is 0. The standard InChI is InChI=1S/C18H19NO/c1-13-5-6-15(10-14(13)2)12-19-9-3-4-16-11-17(20)7-8-18(16)19/h4-6,9-10,14H,1,7-8,11-12H2,2H3. The molecule has 1 aliphatic heterocycles. The van der Waals surface area contributed by atoms with Crippen LogP contribution in [0.2, 0.25) is 0 Å². The van der Waals surface area contributed by atoms with Crippen molar-refractivity contribution in [2.24, 2.45) is 5.92 Å². The number of carbonyl (C=O) groups excluding carboxylic acids is 1. The monoisotopic (exact) mass is 265 g/mol. The number of nitrogens with zero attached hydrogens (tertiary/aromatic N) is 1. The third-order valence-electron chi connectivity index (χ3n) is 4.15. The molecule has 2 aliphatic carbocycles. The fraction of sp³-hybridized carbons (Fsp3) is 0.333. The maximum Gasteiger partial charge on any atom is 0.137 e. The van der Waals surface area contributed by atoms with E-state index in [1.165, 1.54) is 11.3 Å². The highest BCUT2D eigenvalue weighted by molar-refractivity contribution is 5.83. The number of carbonyl (C=O) groups is 1. The number of allylic oxidation sites excluding steroid dienone is 6. The summed E-state index contributed by atoms with van der Waals surface area (Å²) in [5.41, 5.74) is 8.05. The van der Waals surface area contributed by atoms with Crippen molar-refractivity contribution < 1.29 is 4.79 Å². The number of rotatable bonds is 2. The molecule has 3 aliphatic rings. The van der Waals surface area contributed by atoms with Gasteiger partial charge < -0.3 is 4.90 Å². The lowest BCUT2D eigenvalue weighted by atomic mass is 9.91. The van der Waals surface area contributed by atoms with Crippen LogP contribution in [0.5, 0.6) is 0 Å². The van der Waals surface area contributed by atoms with Crippen molar-refractivity contribution in [2.45, 2.75) is 26.2 Å². The Morgan fingerprint density at radius 1 is 1.40 bits per heavy atom. The van der Waals surface area contributed by atoms with Crippen LogP contribution in [0, 0.1) is 5.92 Å². The zero-order valence-corrected chi connectivity index (χ0v) is 11.9. The highest BCUT2D eigenvalue weighted by Gasteiger charge is 2.22. The van der Waals surface area contributed by atoms with Gasteiger partial charge in [-0.2, -0.15) is 0 Å². The van der Waals surface area contributed by atoms with Gasteiger partial charge in [0.1, 0.15) is 5.78 Å². The SMILES string of the molecule is C=C1C=CC(CN2C=C=CC3=C2CCC(=O)C3)=CC1C. The van der Waals surface area contributed by atoms with Gasteiger partial charge in [0.25, 0.3) is 0 Å². The van der Waals surface area contributed by atoms with Crippen LogP contribution in [-0.4, -0.2) is 17.2 Å². The molecule has 1 atom stereocenters. The minimum absolute atomic E-state index is 0.338. The van der Waals surface area contributed by atoms with Crippen LogP contribution in [0.1, 0.15) is 26.2 Å².